The highest BCUT2D eigenvalue weighted by Gasteiger charge is 2.20. The van der Waals surface area contributed by atoms with Crippen molar-refractivity contribution in [3.63, 3.8) is 0 Å². The number of rotatable bonds is 4. The fraction of sp³-hybridized carbons (Fsp3) is 0.571. The van der Waals surface area contributed by atoms with E-state index in [4.69, 9.17) is 19.9 Å². The Morgan fingerprint density at radius 2 is 2.11 bits per heavy atom. The predicted molar refractivity (Wildman–Crippen MR) is 70.1 cm³/mol. The van der Waals surface area contributed by atoms with E-state index >= 15 is 0 Å². The Morgan fingerprint density at radius 1 is 1.33 bits per heavy atom. The Balaban J connectivity index is 1.84. The molecule has 0 saturated carbocycles. The first-order valence-corrected chi connectivity index (χ1v) is 6.25. The molecule has 100 valence electrons. The molecule has 2 rings (SSSR count). The summed E-state index contributed by atoms with van der Waals surface area (Å²) >= 11 is 0. The van der Waals surface area contributed by atoms with Crippen molar-refractivity contribution in [2.75, 3.05) is 19.8 Å². The Bertz CT molecular complexity index is 412. The second kappa shape index (κ2) is 5.16. The van der Waals surface area contributed by atoms with Crippen LogP contribution in [0.2, 0.25) is 0 Å². The van der Waals surface area contributed by atoms with Crippen LogP contribution in [0.25, 0.3) is 0 Å². The molecule has 0 spiro atoms. The number of hydrogen-bond acceptors (Lipinski definition) is 4. The van der Waals surface area contributed by atoms with Gasteiger partial charge in [0, 0.05) is 11.6 Å². The van der Waals surface area contributed by atoms with Gasteiger partial charge < -0.3 is 19.9 Å². The van der Waals surface area contributed by atoms with Gasteiger partial charge in [-0.25, -0.2) is 0 Å². The van der Waals surface area contributed by atoms with Crippen LogP contribution in [0.3, 0.4) is 0 Å². The van der Waals surface area contributed by atoms with E-state index in [2.05, 4.69) is 0 Å². The van der Waals surface area contributed by atoms with Gasteiger partial charge in [-0.1, -0.05) is 0 Å². The van der Waals surface area contributed by atoms with E-state index in [1.54, 1.807) is 0 Å². The zero-order valence-electron chi connectivity index (χ0n) is 11.2. The molecule has 2 N–H and O–H groups in total. The molecule has 4 nitrogen and oxygen atoms in total. The first-order valence-electron chi connectivity index (χ1n) is 6.25. The van der Waals surface area contributed by atoms with Crippen molar-refractivity contribution in [3.05, 3.63) is 23.8 Å². The summed E-state index contributed by atoms with van der Waals surface area (Å²) in [6.45, 7) is 7.72. The van der Waals surface area contributed by atoms with Crippen LogP contribution in [-0.4, -0.2) is 25.4 Å². The van der Waals surface area contributed by atoms with Crippen LogP contribution >= 0.6 is 0 Å². The van der Waals surface area contributed by atoms with E-state index in [0.29, 0.717) is 19.8 Å². The molecule has 0 bridgehead atoms. The molecular weight excluding hydrogens is 230 g/mol. The van der Waals surface area contributed by atoms with Gasteiger partial charge in [0.1, 0.15) is 24.7 Å². The molecule has 1 unspecified atom stereocenters. The van der Waals surface area contributed by atoms with Crippen LogP contribution in [-0.2, 0) is 4.74 Å². The standard InChI is InChI=1S/C14H21NO3/c1-14(2,3)18-7-6-16-10-4-5-11-12(15)9-17-13(11)8-10/h4-5,8,12H,6-7,9,15H2,1-3H3. The van der Waals surface area contributed by atoms with Gasteiger partial charge in [-0.05, 0) is 32.9 Å². The summed E-state index contributed by atoms with van der Waals surface area (Å²) in [6.07, 6.45) is 0. The molecule has 0 amide bonds. The first-order chi connectivity index (χ1) is 8.46. The third kappa shape index (κ3) is 3.37. The molecule has 1 aliphatic rings. The quantitative estimate of drug-likeness (QED) is 0.834. The summed E-state index contributed by atoms with van der Waals surface area (Å²) in [5, 5.41) is 0. The van der Waals surface area contributed by atoms with Gasteiger partial charge in [0.2, 0.25) is 0 Å². The van der Waals surface area contributed by atoms with Gasteiger partial charge in [-0.3, -0.25) is 0 Å². The highest BCUT2D eigenvalue weighted by molar-refractivity contribution is 5.44. The number of ether oxygens (including phenoxy) is 3. The average molecular weight is 251 g/mol. The molecule has 0 aromatic heterocycles. The number of benzene rings is 1. The SMILES string of the molecule is CC(C)(C)OCCOc1ccc2c(c1)OCC2N. The van der Waals surface area contributed by atoms with E-state index in [1.807, 2.05) is 39.0 Å². The van der Waals surface area contributed by atoms with Crippen LogP contribution in [0, 0.1) is 0 Å². The van der Waals surface area contributed by atoms with Crippen molar-refractivity contribution >= 4 is 0 Å². The largest absolute Gasteiger partial charge is 0.491 e. The third-order valence-electron chi connectivity index (χ3n) is 2.69. The Morgan fingerprint density at radius 3 is 2.83 bits per heavy atom. The molecule has 1 heterocycles. The van der Waals surface area contributed by atoms with Crippen molar-refractivity contribution in [3.8, 4) is 11.5 Å². The van der Waals surface area contributed by atoms with E-state index in [1.165, 1.54) is 0 Å². The molecule has 1 aromatic carbocycles. The normalized spacial score (nSPS) is 18.3. The smallest absolute Gasteiger partial charge is 0.127 e. The fourth-order valence-electron chi connectivity index (χ4n) is 1.81. The van der Waals surface area contributed by atoms with Gasteiger partial charge in [0.25, 0.3) is 0 Å². The van der Waals surface area contributed by atoms with Crippen molar-refractivity contribution in [2.24, 2.45) is 5.73 Å². The molecule has 4 heteroatoms. The Hall–Kier alpha value is -1.26. The highest BCUT2D eigenvalue weighted by Crippen LogP contribution is 2.33. The molecule has 0 saturated heterocycles. The third-order valence-corrected chi connectivity index (χ3v) is 2.69. The van der Waals surface area contributed by atoms with Crippen LogP contribution in [0.4, 0.5) is 0 Å². The Kier molecular flexibility index (Phi) is 3.78. The minimum Gasteiger partial charge on any atom is -0.491 e. The van der Waals surface area contributed by atoms with Crippen LogP contribution in [0.1, 0.15) is 32.4 Å². The summed E-state index contributed by atoms with van der Waals surface area (Å²) in [7, 11) is 0. The minimum atomic E-state index is -0.128. The molecular formula is C14H21NO3. The zero-order valence-corrected chi connectivity index (χ0v) is 11.2. The summed E-state index contributed by atoms with van der Waals surface area (Å²) in [4.78, 5) is 0. The predicted octanol–water partition coefficient (Wildman–Crippen LogP) is 2.27. The minimum absolute atomic E-state index is 0.0155. The maximum absolute atomic E-state index is 5.88. The van der Waals surface area contributed by atoms with Gasteiger partial charge in [0.05, 0.1) is 18.2 Å². The number of nitrogens with two attached hydrogens (primary N) is 1. The second-order valence-corrected chi connectivity index (χ2v) is 5.43. The lowest BCUT2D eigenvalue weighted by Gasteiger charge is -2.19. The van der Waals surface area contributed by atoms with Crippen molar-refractivity contribution < 1.29 is 14.2 Å². The van der Waals surface area contributed by atoms with Crippen LogP contribution in [0.15, 0.2) is 18.2 Å². The van der Waals surface area contributed by atoms with Crippen molar-refractivity contribution in [1.82, 2.24) is 0 Å². The lowest BCUT2D eigenvalue weighted by molar-refractivity contribution is -0.0163. The van der Waals surface area contributed by atoms with Crippen LogP contribution < -0.4 is 15.2 Å². The maximum Gasteiger partial charge on any atom is 0.127 e. The van der Waals surface area contributed by atoms with E-state index in [-0.39, 0.29) is 11.6 Å². The maximum atomic E-state index is 5.88. The number of hydrogen-bond donors (Lipinski definition) is 1. The van der Waals surface area contributed by atoms with E-state index in [9.17, 15) is 0 Å². The average Bonchev–Trinajstić information content (AvgIpc) is 2.65. The molecule has 0 aliphatic carbocycles. The number of fused-ring (bicyclic) bond motifs is 1. The van der Waals surface area contributed by atoms with Gasteiger partial charge in [-0.2, -0.15) is 0 Å². The molecule has 1 aliphatic heterocycles. The van der Waals surface area contributed by atoms with Crippen molar-refractivity contribution in [2.45, 2.75) is 32.4 Å². The zero-order chi connectivity index (χ0) is 13.2. The van der Waals surface area contributed by atoms with Crippen LogP contribution in [0.5, 0.6) is 11.5 Å². The lowest BCUT2D eigenvalue weighted by atomic mass is 10.1. The first kappa shape index (κ1) is 13.2. The summed E-state index contributed by atoms with van der Waals surface area (Å²) < 4.78 is 16.7. The monoisotopic (exact) mass is 251 g/mol. The van der Waals surface area contributed by atoms with Gasteiger partial charge in [0.15, 0.2) is 0 Å². The molecule has 1 aromatic rings. The van der Waals surface area contributed by atoms with Gasteiger partial charge in [-0.15, -0.1) is 0 Å². The second-order valence-electron chi connectivity index (χ2n) is 5.43. The molecule has 1 atom stereocenters. The lowest BCUT2D eigenvalue weighted by Crippen LogP contribution is -2.22. The van der Waals surface area contributed by atoms with E-state index in [0.717, 1.165) is 17.1 Å². The summed E-state index contributed by atoms with van der Waals surface area (Å²) in [6, 6.07) is 5.76. The summed E-state index contributed by atoms with van der Waals surface area (Å²) in [5.74, 6) is 1.62. The Labute approximate surface area is 108 Å². The van der Waals surface area contributed by atoms with Crippen molar-refractivity contribution in [1.29, 1.82) is 0 Å². The van der Waals surface area contributed by atoms with Gasteiger partial charge >= 0.3 is 0 Å². The van der Waals surface area contributed by atoms with E-state index < -0.39 is 0 Å². The summed E-state index contributed by atoms with van der Waals surface area (Å²) in [5.41, 5.74) is 6.80. The highest BCUT2D eigenvalue weighted by atomic mass is 16.5. The fourth-order valence-corrected chi connectivity index (χ4v) is 1.81. The molecule has 0 fully saturated rings. The molecule has 18 heavy (non-hydrogen) atoms. The topological polar surface area (TPSA) is 53.7 Å². The molecule has 0 radical (unpaired) electrons.